The molecule has 0 aliphatic carbocycles. The molecule has 1 N–H and O–H groups in total. The van der Waals surface area contributed by atoms with Crippen molar-refractivity contribution in [2.75, 3.05) is 11.9 Å². The van der Waals surface area contributed by atoms with Crippen molar-refractivity contribution < 1.29 is 14.1 Å². The van der Waals surface area contributed by atoms with Gasteiger partial charge < -0.3 is 10.1 Å². The number of hydrogen-bond acceptors (Lipinski definition) is 7. The Kier molecular flexibility index (Phi) is 5.02. The molecule has 0 radical (unpaired) electrons. The third kappa shape index (κ3) is 3.85. The number of nitrogens with zero attached hydrogens (tertiary/aromatic N) is 3. The van der Waals surface area contributed by atoms with Gasteiger partial charge in [0, 0.05) is 6.54 Å². The van der Waals surface area contributed by atoms with Gasteiger partial charge in [0.25, 0.3) is 0 Å². The second-order valence-electron chi connectivity index (χ2n) is 3.81. The standard InChI is InChI=1S/C11H10BrFN4O3S/c1-2-14-11-16-15-9(21-11)5-20-10-7(12)3-6(13)4-8(10)17(18)19/h3-4H,2,5H2,1H3,(H,14,16). The van der Waals surface area contributed by atoms with Crippen LogP contribution in [0.3, 0.4) is 0 Å². The van der Waals surface area contributed by atoms with E-state index in [2.05, 4.69) is 31.4 Å². The summed E-state index contributed by atoms with van der Waals surface area (Å²) >= 11 is 4.34. The van der Waals surface area contributed by atoms with Crippen LogP contribution >= 0.6 is 27.3 Å². The predicted octanol–water partition coefficient (Wildman–Crippen LogP) is 3.36. The van der Waals surface area contributed by atoms with Gasteiger partial charge in [-0.15, -0.1) is 10.2 Å². The van der Waals surface area contributed by atoms with Gasteiger partial charge in [0.15, 0.2) is 5.01 Å². The van der Waals surface area contributed by atoms with Gasteiger partial charge in [-0.1, -0.05) is 11.3 Å². The molecular formula is C11H10BrFN4O3S. The lowest BCUT2D eigenvalue weighted by molar-refractivity contribution is -0.386. The number of rotatable bonds is 6. The van der Waals surface area contributed by atoms with Crippen LogP contribution in [0.4, 0.5) is 15.2 Å². The molecule has 2 rings (SSSR count). The van der Waals surface area contributed by atoms with Gasteiger partial charge in [0.1, 0.15) is 12.4 Å². The molecule has 7 nitrogen and oxygen atoms in total. The summed E-state index contributed by atoms with van der Waals surface area (Å²) < 4.78 is 18.8. The molecule has 112 valence electrons. The van der Waals surface area contributed by atoms with Crippen LogP contribution < -0.4 is 10.1 Å². The molecule has 0 saturated carbocycles. The van der Waals surface area contributed by atoms with Crippen molar-refractivity contribution in [2.45, 2.75) is 13.5 Å². The summed E-state index contributed by atoms with van der Waals surface area (Å²) in [7, 11) is 0. The number of nitrogens with one attached hydrogen (secondary N) is 1. The average molecular weight is 377 g/mol. The third-order valence-electron chi connectivity index (χ3n) is 2.32. The first-order valence-electron chi connectivity index (χ1n) is 5.83. The Morgan fingerprint density at radius 1 is 1.52 bits per heavy atom. The van der Waals surface area contributed by atoms with Crippen LogP contribution in [0.2, 0.25) is 0 Å². The Labute approximate surface area is 131 Å². The molecule has 0 saturated heterocycles. The summed E-state index contributed by atoms with van der Waals surface area (Å²) in [5.41, 5.74) is -0.446. The van der Waals surface area contributed by atoms with E-state index in [0.717, 1.165) is 12.1 Å². The molecule has 0 unspecified atom stereocenters. The Bertz CT molecular complexity index is 667. The van der Waals surface area contributed by atoms with E-state index in [0.29, 0.717) is 16.7 Å². The summed E-state index contributed by atoms with van der Waals surface area (Å²) in [6.07, 6.45) is 0. The number of aromatic nitrogens is 2. The van der Waals surface area contributed by atoms with E-state index in [9.17, 15) is 14.5 Å². The van der Waals surface area contributed by atoms with E-state index in [4.69, 9.17) is 4.74 Å². The molecule has 0 bridgehead atoms. The van der Waals surface area contributed by atoms with Gasteiger partial charge in [-0.3, -0.25) is 10.1 Å². The highest BCUT2D eigenvalue weighted by atomic mass is 79.9. The fourth-order valence-electron chi connectivity index (χ4n) is 1.49. The minimum absolute atomic E-state index is 0.00807. The van der Waals surface area contributed by atoms with Crippen molar-refractivity contribution >= 4 is 38.1 Å². The minimum Gasteiger partial charge on any atom is -0.479 e. The zero-order chi connectivity index (χ0) is 15.4. The number of nitro benzene ring substituents is 1. The van der Waals surface area contributed by atoms with Gasteiger partial charge in [0.05, 0.1) is 15.5 Å². The quantitative estimate of drug-likeness (QED) is 0.613. The summed E-state index contributed by atoms with van der Waals surface area (Å²) in [4.78, 5) is 10.2. The molecule has 21 heavy (non-hydrogen) atoms. The maximum atomic E-state index is 13.2. The number of nitro groups is 1. The fraction of sp³-hybridized carbons (Fsp3) is 0.273. The average Bonchev–Trinajstić information content (AvgIpc) is 2.85. The number of anilines is 1. The first-order valence-corrected chi connectivity index (χ1v) is 7.44. The van der Waals surface area contributed by atoms with Crippen molar-refractivity contribution in [3.8, 4) is 5.75 Å². The lowest BCUT2D eigenvalue weighted by atomic mass is 10.3. The van der Waals surface area contributed by atoms with Crippen molar-refractivity contribution in [2.24, 2.45) is 0 Å². The van der Waals surface area contributed by atoms with Crippen molar-refractivity contribution in [1.82, 2.24) is 10.2 Å². The van der Waals surface area contributed by atoms with Gasteiger partial charge in [-0.2, -0.15) is 0 Å². The summed E-state index contributed by atoms with van der Waals surface area (Å²) in [6.45, 7) is 2.65. The van der Waals surface area contributed by atoms with Crippen LogP contribution in [-0.4, -0.2) is 21.7 Å². The van der Waals surface area contributed by atoms with E-state index in [1.54, 1.807) is 0 Å². The van der Waals surface area contributed by atoms with E-state index < -0.39 is 16.4 Å². The Morgan fingerprint density at radius 3 is 2.95 bits per heavy atom. The normalized spacial score (nSPS) is 10.4. The maximum Gasteiger partial charge on any atom is 0.315 e. The van der Waals surface area contributed by atoms with Gasteiger partial charge >= 0.3 is 5.69 Å². The molecule has 0 aliphatic rings. The SMILES string of the molecule is CCNc1nnc(COc2c(Br)cc(F)cc2[N+](=O)[O-])s1. The fourth-order valence-corrected chi connectivity index (χ4v) is 2.75. The monoisotopic (exact) mass is 376 g/mol. The van der Waals surface area contributed by atoms with Crippen LogP contribution in [-0.2, 0) is 6.61 Å². The number of halogens is 2. The largest absolute Gasteiger partial charge is 0.479 e. The lowest BCUT2D eigenvalue weighted by Crippen LogP contribution is -2.00. The van der Waals surface area contributed by atoms with Crippen molar-refractivity contribution in [3.63, 3.8) is 0 Å². The molecule has 0 spiro atoms. The van der Waals surface area contributed by atoms with E-state index in [-0.39, 0.29) is 16.8 Å². The molecule has 1 heterocycles. The summed E-state index contributed by atoms with van der Waals surface area (Å²) in [6, 6.07) is 1.91. The maximum absolute atomic E-state index is 13.2. The molecule has 0 amide bonds. The number of benzene rings is 1. The molecule has 0 fully saturated rings. The molecule has 0 atom stereocenters. The Morgan fingerprint density at radius 2 is 2.29 bits per heavy atom. The highest BCUT2D eigenvalue weighted by Crippen LogP contribution is 2.36. The van der Waals surface area contributed by atoms with E-state index >= 15 is 0 Å². The first-order chi connectivity index (χ1) is 10.0. The minimum atomic E-state index is -0.716. The summed E-state index contributed by atoms with van der Waals surface area (Å²) in [5.74, 6) is -0.757. The molecule has 10 heteroatoms. The zero-order valence-electron chi connectivity index (χ0n) is 10.8. The van der Waals surface area contributed by atoms with Crippen LogP contribution in [0.15, 0.2) is 16.6 Å². The number of hydrogen-bond donors (Lipinski definition) is 1. The van der Waals surface area contributed by atoms with Crippen molar-refractivity contribution in [1.29, 1.82) is 0 Å². The zero-order valence-corrected chi connectivity index (χ0v) is 13.2. The molecular weight excluding hydrogens is 367 g/mol. The highest BCUT2D eigenvalue weighted by Gasteiger charge is 2.21. The predicted molar refractivity (Wildman–Crippen MR) is 79.2 cm³/mol. The first kappa shape index (κ1) is 15.6. The van der Waals surface area contributed by atoms with Crippen LogP contribution in [0.25, 0.3) is 0 Å². The highest BCUT2D eigenvalue weighted by molar-refractivity contribution is 9.10. The van der Waals surface area contributed by atoms with Gasteiger partial charge in [0.2, 0.25) is 10.9 Å². The second kappa shape index (κ2) is 6.76. The molecule has 1 aromatic heterocycles. The van der Waals surface area contributed by atoms with E-state index in [1.807, 2.05) is 6.92 Å². The Hall–Kier alpha value is -1.81. The van der Waals surface area contributed by atoms with Crippen LogP contribution in [0.1, 0.15) is 11.9 Å². The number of ether oxygens (including phenoxy) is 1. The van der Waals surface area contributed by atoms with Crippen molar-refractivity contribution in [3.05, 3.63) is 37.5 Å². The smallest absolute Gasteiger partial charge is 0.315 e. The van der Waals surface area contributed by atoms with Gasteiger partial charge in [-0.25, -0.2) is 4.39 Å². The summed E-state index contributed by atoms with van der Waals surface area (Å²) in [5, 5.41) is 22.9. The lowest BCUT2D eigenvalue weighted by Gasteiger charge is -2.07. The second-order valence-corrected chi connectivity index (χ2v) is 5.73. The topological polar surface area (TPSA) is 90.2 Å². The molecule has 1 aromatic carbocycles. The van der Waals surface area contributed by atoms with E-state index in [1.165, 1.54) is 11.3 Å². The van der Waals surface area contributed by atoms with Gasteiger partial charge in [-0.05, 0) is 28.9 Å². The molecule has 0 aliphatic heterocycles. The Balaban J connectivity index is 2.17. The third-order valence-corrected chi connectivity index (χ3v) is 3.76. The van der Waals surface area contributed by atoms with Crippen LogP contribution in [0, 0.1) is 15.9 Å². The van der Waals surface area contributed by atoms with Crippen LogP contribution in [0.5, 0.6) is 5.75 Å². The molecule has 2 aromatic rings.